The number of amides is 2. The van der Waals surface area contributed by atoms with E-state index in [2.05, 4.69) is 5.32 Å². The van der Waals surface area contributed by atoms with E-state index >= 15 is 0 Å². The van der Waals surface area contributed by atoms with E-state index in [4.69, 9.17) is 0 Å². The van der Waals surface area contributed by atoms with Crippen molar-refractivity contribution in [3.8, 4) is 0 Å². The van der Waals surface area contributed by atoms with Gasteiger partial charge in [0.2, 0.25) is 5.91 Å². The maximum atomic E-state index is 12.6. The highest BCUT2D eigenvalue weighted by atomic mass is 16.2. The van der Waals surface area contributed by atoms with E-state index in [0.29, 0.717) is 11.6 Å². The van der Waals surface area contributed by atoms with Gasteiger partial charge in [-0.2, -0.15) is 0 Å². The molecular weight excluding hydrogens is 288 g/mol. The Labute approximate surface area is 138 Å². The summed E-state index contributed by atoms with van der Waals surface area (Å²) in [4.78, 5) is 26.3. The van der Waals surface area contributed by atoms with Crippen molar-refractivity contribution in [3.63, 3.8) is 0 Å². The molecule has 2 aliphatic rings. The van der Waals surface area contributed by atoms with Gasteiger partial charge >= 0.3 is 0 Å². The Morgan fingerprint density at radius 3 is 2.13 bits per heavy atom. The average Bonchev–Trinajstić information content (AvgIpc) is 3.40. The van der Waals surface area contributed by atoms with Crippen molar-refractivity contribution in [2.75, 3.05) is 12.4 Å². The van der Waals surface area contributed by atoms with Crippen LogP contribution in [0, 0.1) is 5.92 Å². The summed E-state index contributed by atoms with van der Waals surface area (Å²) in [7, 11) is 1.92. The number of nitrogens with zero attached hydrogens (tertiary/aromatic N) is 1. The highest BCUT2D eigenvalue weighted by Crippen LogP contribution is 2.30. The molecule has 0 aliphatic heterocycles. The summed E-state index contributed by atoms with van der Waals surface area (Å²) in [5.74, 6) is 0.370. The van der Waals surface area contributed by atoms with Gasteiger partial charge in [0.1, 0.15) is 0 Å². The molecule has 3 rings (SSSR count). The Hall–Kier alpha value is -1.84. The minimum absolute atomic E-state index is 0.0805. The molecule has 1 aromatic carbocycles. The second kappa shape index (κ2) is 7.16. The van der Waals surface area contributed by atoms with Crippen LogP contribution in [-0.2, 0) is 4.79 Å². The zero-order valence-corrected chi connectivity index (χ0v) is 13.9. The summed E-state index contributed by atoms with van der Waals surface area (Å²) in [5.41, 5.74) is 1.47. The third kappa shape index (κ3) is 4.12. The molecule has 124 valence electrons. The fourth-order valence-corrected chi connectivity index (χ4v) is 3.30. The lowest BCUT2D eigenvalue weighted by atomic mass is 10.1. The van der Waals surface area contributed by atoms with E-state index in [1.807, 2.05) is 36.2 Å². The number of hydrogen-bond donors (Lipinski definition) is 1. The van der Waals surface area contributed by atoms with Crippen LogP contribution in [0.4, 0.5) is 5.69 Å². The van der Waals surface area contributed by atoms with Gasteiger partial charge in [-0.15, -0.1) is 0 Å². The van der Waals surface area contributed by atoms with E-state index in [9.17, 15) is 9.59 Å². The van der Waals surface area contributed by atoms with Crippen molar-refractivity contribution in [3.05, 3.63) is 29.8 Å². The first-order valence-corrected chi connectivity index (χ1v) is 8.83. The molecule has 0 heterocycles. The zero-order valence-electron chi connectivity index (χ0n) is 13.9. The predicted molar refractivity (Wildman–Crippen MR) is 91.4 cm³/mol. The number of benzene rings is 1. The molecule has 0 bridgehead atoms. The summed E-state index contributed by atoms with van der Waals surface area (Å²) in [6.45, 7) is 0. The van der Waals surface area contributed by atoms with Crippen LogP contribution >= 0.6 is 0 Å². The van der Waals surface area contributed by atoms with E-state index < -0.39 is 0 Å². The molecule has 0 atom stereocenters. The maximum Gasteiger partial charge on any atom is 0.253 e. The normalized spacial score (nSPS) is 19.0. The van der Waals surface area contributed by atoms with Crippen LogP contribution in [0.2, 0.25) is 0 Å². The van der Waals surface area contributed by atoms with Gasteiger partial charge in [0, 0.05) is 30.3 Å². The fourth-order valence-electron chi connectivity index (χ4n) is 3.30. The van der Waals surface area contributed by atoms with Crippen molar-refractivity contribution in [1.82, 2.24) is 4.90 Å². The third-order valence-corrected chi connectivity index (χ3v) is 5.04. The molecule has 0 aromatic heterocycles. The Kier molecular flexibility index (Phi) is 4.99. The zero-order chi connectivity index (χ0) is 16.2. The van der Waals surface area contributed by atoms with Crippen LogP contribution in [0.3, 0.4) is 0 Å². The highest BCUT2D eigenvalue weighted by Gasteiger charge is 2.29. The van der Waals surface area contributed by atoms with Crippen LogP contribution in [0.15, 0.2) is 24.3 Å². The summed E-state index contributed by atoms with van der Waals surface area (Å²) < 4.78 is 0. The van der Waals surface area contributed by atoms with Crippen LogP contribution in [-0.4, -0.2) is 29.8 Å². The number of rotatable bonds is 4. The third-order valence-electron chi connectivity index (χ3n) is 5.04. The first kappa shape index (κ1) is 16.0. The molecule has 2 saturated carbocycles. The highest BCUT2D eigenvalue weighted by molar-refractivity contribution is 5.96. The second-order valence-corrected chi connectivity index (χ2v) is 6.90. The van der Waals surface area contributed by atoms with Gasteiger partial charge < -0.3 is 10.2 Å². The van der Waals surface area contributed by atoms with E-state index in [1.54, 1.807) is 0 Å². The summed E-state index contributed by atoms with van der Waals surface area (Å²) in [6, 6.07) is 7.65. The predicted octanol–water partition coefficient (Wildman–Crippen LogP) is 3.83. The first-order valence-electron chi connectivity index (χ1n) is 8.83. The topological polar surface area (TPSA) is 49.4 Å². The van der Waals surface area contributed by atoms with Crippen LogP contribution < -0.4 is 5.32 Å². The van der Waals surface area contributed by atoms with Gasteiger partial charge in [-0.05, 0) is 49.9 Å². The lowest BCUT2D eigenvalue weighted by molar-refractivity contribution is -0.117. The summed E-state index contributed by atoms with van der Waals surface area (Å²) in [5, 5.41) is 2.91. The number of anilines is 1. The van der Waals surface area contributed by atoms with Crippen molar-refractivity contribution >= 4 is 17.5 Å². The molecular formula is C19H26N2O2. The Morgan fingerprint density at radius 1 is 0.957 bits per heavy atom. The van der Waals surface area contributed by atoms with Crippen molar-refractivity contribution in [1.29, 1.82) is 0 Å². The molecule has 2 aliphatic carbocycles. The summed E-state index contributed by atoms with van der Waals surface area (Å²) >= 11 is 0. The summed E-state index contributed by atoms with van der Waals surface area (Å²) in [6.07, 6.45) is 9.21. The first-order chi connectivity index (χ1) is 11.1. The lowest BCUT2D eigenvalue weighted by Crippen LogP contribution is -2.36. The van der Waals surface area contributed by atoms with Gasteiger partial charge in [0.15, 0.2) is 0 Å². The number of nitrogens with one attached hydrogen (secondary N) is 1. The SMILES string of the molecule is CN(C(=O)c1ccc(NC(=O)C2CC2)cc1)C1CCCCCC1. The Balaban J connectivity index is 1.60. The van der Waals surface area contributed by atoms with Crippen molar-refractivity contribution in [2.45, 2.75) is 57.4 Å². The van der Waals surface area contributed by atoms with E-state index in [-0.39, 0.29) is 17.7 Å². The molecule has 1 aromatic rings. The van der Waals surface area contributed by atoms with E-state index in [0.717, 1.165) is 31.4 Å². The minimum atomic E-state index is 0.0805. The average molecular weight is 314 g/mol. The second-order valence-electron chi connectivity index (χ2n) is 6.90. The molecule has 23 heavy (non-hydrogen) atoms. The number of hydrogen-bond acceptors (Lipinski definition) is 2. The minimum Gasteiger partial charge on any atom is -0.339 e. The molecule has 0 saturated heterocycles. The van der Waals surface area contributed by atoms with Crippen LogP contribution in [0.25, 0.3) is 0 Å². The maximum absolute atomic E-state index is 12.6. The van der Waals surface area contributed by atoms with Gasteiger partial charge in [-0.3, -0.25) is 9.59 Å². The van der Waals surface area contributed by atoms with Crippen LogP contribution in [0.5, 0.6) is 0 Å². The largest absolute Gasteiger partial charge is 0.339 e. The molecule has 0 radical (unpaired) electrons. The number of carbonyl (C=O) groups is 2. The quantitative estimate of drug-likeness (QED) is 0.859. The molecule has 4 heteroatoms. The fraction of sp³-hybridized carbons (Fsp3) is 0.579. The standard InChI is InChI=1S/C19H26N2O2/c1-21(17-6-4-2-3-5-7-17)19(23)15-10-12-16(13-11-15)20-18(22)14-8-9-14/h10-14,17H,2-9H2,1H3,(H,20,22). The molecule has 1 N–H and O–H groups in total. The van der Waals surface area contributed by atoms with E-state index in [1.165, 1.54) is 25.7 Å². The molecule has 2 amide bonds. The van der Waals surface area contributed by atoms with Crippen molar-refractivity contribution < 1.29 is 9.59 Å². The monoisotopic (exact) mass is 314 g/mol. The smallest absolute Gasteiger partial charge is 0.253 e. The van der Waals surface area contributed by atoms with Gasteiger partial charge in [-0.1, -0.05) is 25.7 Å². The van der Waals surface area contributed by atoms with Crippen molar-refractivity contribution in [2.24, 2.45) is 5.92 Å². The van der Waals surface area contributed by atoms with Gasteiger partial charge in [0.25, 0.3) is 5.91 Å². The molecule has 0 unspecified atom stereocenters. The Morgan fingerprint density at radius 2 is 1.57 bits per heavy atom. The Bertz CT molecular complexity index is 555. The van der Waals surface area contributed by atoms with Crippen LogP contribution in [0.1, 0.15) is 61.7 Å². The van der Waals surface area contributed by atoms with Gasteiger partial charge in [-0.25, -0.2) is 0 Å². The lowest BCUT2D eigenvalue weighted by Gasteiger charge is -2.27. The molecule has 4 nitrogen and oxygen atoms in total. The van der Waals surface area contributed by atoms with Gasteiger partial charge in [0.05, 0.1) is 0 Å². The molecule has 0 spiro atoms. The molecule has 2 fully saturated rings. The number of carbonyl (C=O) groups excluding carboxylic acids is 2.